The van der Waals surface area contributed by atoms with E-state index in [2.05, 4.69) is 21.9 Å². The average molecular weight is 362 g/mol. The Balaban J connectivity index is 2.22. The molecule has 8 nitrogen and oxygen atoms in total. The van der Waals surface area contributed by atoms with Gasteiger partial charge in [0.05, 0.1) is 6.20 Å². The summed E-state index contributed by atoms with van der Waals surface area (Å²) in [6.07, 6.45) is 3.10. The highest BCUT2D eigenvalue weighted by Gasteiger charge is 2.38. The third-order valence-corrected chi connectivity index (χ3v) is 4.15. The molecule has 3 rings (SSSR count). The predicted octanol–water partition coefficient (Wildman–Crippen LogP) is 1.86. The van der Waals surface area contributed by atoms with Crippen molar-refractivity contribution in [2.24, 2.45) is 11.5 Å². The minimum Gasteiger partial charge on any atom is -0.370 e. The molecule has 1 radical (unpaired) electrons. The molecule has 2 aromatic carbocycles. The Labute approximate surface area is 156 Å². The van der Waals surface area contributed by atoms with Gasteiger partial charge >= 0.3 is 0 Å². The molecule has 8 heteroatoms. The number of nitrogens with two attached hydrogens (primary N) is 2. The summed E-state index contributed by atoms with van der Waals surface area (Å²) in [7, 11) is 0. The Kier molecular flexibility index (Phi) is 4.80. The Morgan fingerprint density at radius 1 is 1.07 bits per heavy atom. The summed E-state index contributed by atoms with van der Waals surface area (Å²) in [5, 5.41) is 24.9. The lowest BCUT2D eigenvalue weighted by Gasteiger charge is -2.35. The number of rotatable bonds is 5. The summed E-state index contributed by atoms with van der Waals surface area (Å²) < 4.78 is 5.08. The van der Waals surface area contributed by atoms with Crippen LogP contribution in [0.2, 0.25) is 0 Å². The van der Waals surface area contributed by atoms with Crippen LogP contribution in [0.15, 0.2) is 59.4 Å². The highest BCUT2D eigenvalue weighted by atomic mass is 16.5. The molecule has 1 unspecified atom stereocenters. The van der Waals surface area contributed by atoms with Gasteiger partial charge in [0, 0.05) is 11.3 Å². The summed E-state index contributed by atoms with van der Waals surface area (Å²) in [5.74, 6) is -0.355. The number of hydrogen-bond donors (Lipinski definition) is 6. The molecule has 8 N–H and O–H groups in total. The maximum atomic E-state index is 7.89. The predicted molar refractivity (Wildman–Crippen MR) is 103 cm³/mol. The van der Waals surface area contributed by atoms with Crippen LogP contribution in [0.4, 0.5) is 5.69 Å². The summed E-state index contributed by atoms with van der Waals surface area (Å²) in [5.41, 5.74) is 14.1. The molecule has 0 saturated carbocycles. The van der Waals surface area contributed by atoms with Crippen LogP contribution >= 0.6 is 0 Å². The fourth-order valence-corrected chi connectivity index (χ4v) is 3.08. The molecule has 3 aromatic rings. The largest absolute Gasteiger partial charge is 0.370 e. The van der Waals surface area contributed by atoms with Gasteiger partial charge in [0.15, 0.2) is 11.9 Å². The van der Waals surface area contributed by atoms with Crippen LogP contribution in [0.5, 0.6) is 0 Å². The van der Waals surface area contributed by atoms with Crippen molar-refractivity contribution in [1.29, 1.82) is 10.8 Å². The Morgan fingerprint density at radius 3 is 2.37 bits per heavy atom. The van der Waals surface area contributed by atoms with Gasteiger partial charge in [-0.25, -0.2) is 0 Å². The molecule has 0 amide bonds. The van der Waals surface area contributed by atoms with E-state index in [1.165, 1.54) is 6.26 Å². The lowest BCUT2D eigenvalue weighted by atomic mass is 9.78. The van der Waals surface area contributed by atoms with Gasteiger partial charge in [-0.05, 0) is 42.3 Å². The van der Waals surface area contributed by atoms with Crippen LogP contribution in [0.25, 0.3) is 0 Å². The molecule has 27 heavy (non-hydrogen) atoms. The van der Waals surface area contributed by atoms with Gasteiger partial charge in [-0.15, -0.1) is 0 Å². The molecule has 1 atom stereocenters. The minimum absolute atomic E-state index is 0.150. The molecule has 0 aliphatic carbocycles. The molecule has 1 heterocycles. The van der Waals surface area contributed by atoms with E-state index < -0.39 is 5.54 Å². The van der Waals surface area contributed by atoms with E-state index in [0.29, 0.717) is 11.3 Å². The van der Waals surface area contributed by atoms with E-state index in [9.17, 15) is 0 Å². The summed E-state index contributed by atoms with van der Waals surface area (Å²) in [6, 6.07) is 16.1. The van der Waals surface area contributed by atoms with Crippen molar-refractivity contribution >= 4 is 17.6 Å². The summed E-state index contributed by atoms with van der Waals surface area (Å²) >= 11 is 0. The van der Waals surface area contributed by atoms with Crippen molar-refractivity contribution in [1.82, 2.24) is 10.5 Å². The Hall–Kier alpha value is -3.81. The van der Waals surface area contributed by atoms with E-state index in [-0.39, 0.29) is 11.9 Å². The second-order valence-corrected chi connectivity index (χ2v) is 6.12. The Morgan fingerprint density at radius 2 is 1.81 bits per heavy atom. The SMILES string of the molecule is Cc1c[c]cc(C(NC(=N)N)(c2ccc(NC(=N)N)cc2)c2cnoc2)c1. The first-order valence-corrected chi connectivity index (χ1v) is 8.13. The minimum atomic E-state index is -0.997. The van der Waals surface area contributed by atoms with E-state index in [0.717, 1.165) is 16.7 Å². The number of nitrogens with zero attached hydrogens (tertiary/aromatic N) is 1. The zero-order valence-corrected chi connectivity index (χ0v) is 14.7. The third-order valence-electron chi connectivity index (χ3n) is 4.15. The van der Waals surface area contributed by atoms with Crippen molar-refractivity contribution in [3.05, 3.63) is 83.2 Å². The number of hydrogen-bond acceptors (Lipinski definition) is 4. The first-order valence-electron chi connectivity index (χ1n) is 8.13. The zero-order chi connectivity index (χ0) is 19.4. The molecule has 0 spiro atoms. The van der Waals surface area contributed by atoms with Crippen LogP contribution in [0.1, 0.15) is 22.3 Å². The highest BCUT2D eigenvalue weighted by Crippen LogP contribution is 2.37. The summed E-state index contributed by atoms with van der Waals surface area (Å²) in [4.78, 5) is 0. The van der Waals surface area contributed by atoms with Crippen LogP contribution < -0.4 is 22.1 Å². The lowest BCUT2D eigenvalue weighted by Crippen LogP contribution is -2.50. The third kappa shape index (κ3) is 3.59. The van der Waals surface area contributed by atoms with Gasteiger partial charge in [-0.3, -0.25) is 10.8 Å². The standard InChI is InChI=1S/C19H20N7O/c1-12-3-2-4-14(9-12)19(26-18(22)23,15-10-24-27-11-15)13-5-7-16(8-6-13)25-17(20)21/h3-11H,1H3,(H4,20,21,25)(H4,22,23,26). The van der Waals surface area contributed by atoms with Crippen molar-refractivity contribution in [3.8, 4) is 0 Å². The van der Waals surface area contributed by atoms with Gasteiger partial charge in [0.25, 0.3) is 0 Å². The average Bonchev–Trinajstić information content (AvgIpc) is 3.14. The summed E-state index contributed by atoms with van der Waals surface area (Å²) in [6.45, 7) is 1.96. The normalized spacial score (nSPS) is 12.8. The molecular formula is C19H20N7O. The van der Waals surface area contributed by atoms with Crippen molar-refractivity contribution in [2.75, 3.05) is 5.32 Å². The van der Waals surface area contributed by atoms with E-state index in [4.69, 9.17) is 26.8 Å². The van der Waals surface area contributed by atoms with E-state index in [1.807, 2.05) is 37.3 Å². The highest BCUT2D eigenvalue weighted by molar-refractivity contribution is 5.89. The molecule has 0 aliphatic heterocycles. The molecule has 0 aliphatic rings. The topological polar surface area (TPSA) is 150 Å². The van der Waals surface area contributed by atoms with Crippen LogP contribution in [0.3, 0.4) is 0 Å². The molecule has 137 valence electrons. The van der Waals surface area contributed by atoms with Gasteiger partial charge in [-0.2, -0.15) is 0 Å². The van der Waals surface area contributed by atoms with Crippen LogP contribution in [-0.4, -0.2) is 17.1 Å². The first-order chi connectivity index (χ1) is 12.9. The fraction of sp³-hybridized carbons (Fsp3) is 0.105. The quantitative estimate of drug-likeness (QED) is 0.301. The Bertz CT molecular complexity index is 950. The second kappa shape index (κ2) is 7.20. The number of aryl methyl sites for hydroxylation is 1. The van der Waals surface area contributed by atoms with Crippen molar-refractivity contribution in [2.45, 2.75) is 12.5 Å². The van der Waals surface area contributed by atoms with Crippen molar-refractivity contribution < 1.29 is 4.52 Å². The van der Waals surface area contributed by atoms with Crippen molar-refractivity contribution in [3.63, 3.8) is 0 Å². The van der Waals surface area contributed by atoms with Gasteiger partial charge < -0.3 is 26.6 Å². The number of nitrogens with one attached hydrogen (secondary N) is 4. The van der Waals surface area contributed by atoms with Crippen LogP contribution in [0, 0.1) is 23.8 Å². The molecule has 0 fully saturated rings. The van der Waals surface area contributed by atoms with Crippen LogP contribution in [-0.2, 0) is 5.54 Å². The number of anilines is 1. The zero-order valence-electron chi connectivity index (χ0n) is 14.7. The maximum absolute atomic E-state index is 7.89. The lowest BCUT2D eigenvalue weighted by molar-refractivity contribution is 0.416. The van der Waals surface area contributed by atoms with E-state index >= 15 is 0 Å². The van der Waals surface area contributed by atoms with Gasteiger partial charge in [-0.1, -0.05) is 35.0 Å². The number of guanidine groups is 2. The fourth-order valence-electron chi connectivity index (χ4n) is 3.08. The monoisotopic (exact) mass is 362 g/mol. The van der Waals surface area contributed by atoms with Gasteiger partial charge in [0.2, 0.25) is 0 Å². The van der Waals surface area contributed by atoms with Gasteiger partial charge in [0.1, 0.15) is 11.8 Å². The second-order valence-electron chi connectivity index (χ2n) is 6.12. The molecule has 1 aromatic heterocycles. The molecule has 0 bridgehead atoms. The maximum Gasteiger partial charge on any atom is 0.190 e. The number of aromatic nitrogens is 1. The first kappa shape index (κ1) is 18.0. The molecule has 0 saturated heterocycles. The molecular weight excluding hydrogens is 342 g/mol. The van der Waals surface area contributed by atoms with E-state index in [1.54, 1.807) is 18.3 Å². The number of benzene rings is 2. The smallest absolute Gasteiger partial charge is 0.190 e.